The molecule has 0 saturated heterocycles. The maximum absolute atomic E-state index is 12.9. The fourth-order valence-electron chi connectivity index (χ4n) is 2.35. The molecule has 1 aliphatic rings. The Kier molecular flexibility index (Phi) is 5.90. The Hall–Kier alpha value is -1.73. The minimum absolute atomic E-state index is 0.0274. The standard InChI is InChI=1S/C16H21FN2O3S/c1-12(16(20)19-10-13-6-8-18-9-7-13)11-23(21,22)15-4-2-14(17)3-5-15/h2-6,12,18H,7-11H2,1H3,(H,19,20). The summed E-state index contributed by atoms with van der Waals surface area (Å²) in [7, 11) is -3.62. The fraction of sp³-hybridized carbons (Fsp3) is 0.438. The number of hydrogen-bond donors (Lipinski definition) is 2. The quantitative estimate of drug-likeness (QED) is 0.604. The Morgan fingerprint density at radius 2 is 2.04 bits per heavy atom. The van der Waals surface area contributed by atoms with Crippen LogP contribution >= 0.6 is 0 Å². The topological polar surface area (TPSA) is 75.3 Å². The van der Waals surface area contributed by atoms with Crippen LogP contribution in [0.25, 0.3) is 0 Å². The Balaban J connectivity index is 1.91. The molecule has 2 rings (SSSR count). The highest BCUT2D eigenvalue weighted by atomic mass is 32.2. The van der Waals surface area contributed by atoms with Gasteiger partial charge in [0.15, 0.2) is 9.84 Å². The molecule has 0 aromatic heterocycles. The van der Waals surface area contributed by atoms with Crippen molar-refractivity contribution in [3.8, 4) is 0 Å². The zero-order valence-electron chi connectivity index (χ0n) is 13.0. The summed E-state index contributed by atoms with van der Waals surface area (Å²) in [6.45, 7) is 3.70. The van der Waals surface area contributed by atoms with Crippen molar-refractivity contribution < 1.29 is 17.6 Å². The van der Waals surface area contributed by atoms with Crippen LogP contribution in [-0.2, 0) is 14.6 Å². The van der Waals surface area contributed by atoms with Gasteiger partial charge in [0.2, 0.25) is 5.91 Å². The van der Waals surface area contributed by atoms with Gasteiger partial charge in [-0.05, 0) is 37.2 Å². The number of halogens is 1. The monoisotopic (exact) mass is 340 g/mol. The molecule has 0 aliphatic carbocycles. The van der Waals surface area contributed by atoms with E-state index in [0.717, 1.165) is 37.2 Å². The van der Waals surface area contributed by atoms with Crippen molar-refractivity contribution in [2.45, 2.75) is 18.2 Å². The lowest BCUT2D eigenvalue weighted by atomic mass is 10.1. The zero-order chi connectivity index (χ0) is 16.9. The van der Waals surface area contributed by atoms with Crippen LogP contribution in [0.4, 0.5) is 4.39 Å². The Labute approximate surface area is 135 Å². The number of nitrogens with one attached hydrogen (secondary N) is 2. The summed E-state index contributed by atoms with van der Waals surface area (Å²) < 4.78 is 37.4. The summed E-state index contributed by atoms with van der Waals surface area (Å²) in [6, 6.07) is 4.63. The van der Waals surface area contributed by atoms with Crippen LogP contribution in [-0.4, -0.2) is 39.7 Å². The predicted molar refractivity (Wildman–Crippen MR) is 86.2 cm³/mol. The Morgan fingerprint density at radius 3 is 2.65 bits per heavy atom. The maximum atomic E-state index is 12.9. The number of hydrogen-bond acceptors (Lipinski definition) is 4. The van der Waals surface area contributed by atoms with Gasteiger partial charge in [0, 0.05) is 19.0 Å². The highest BCUT2D eigenvalue weighted by Gasteiger charge is 2.23. The average Bonchev–Trinajstić information content (AvgIpc) is 2.53. The SMILES string of the molecule is CC(CS(=O)(=O)c1ccc(F)cc1)C(=O)NCC1=CCNCC1. The van der Waals surface area contributed by atoms with Gasteiger partial charge < -0.3 is 10.6 Å². The number of carbonyl (C=O) groups is 1. The Morgan fingerprint density at radius 1 is 1.35 bits per heavy atom. The molecule has 0 saturated carbocycles. The summed E-state index contributed by atoms with van der Waals surface area (Å²) in [5.74, 6) is -1.77. The molecule has 1 atom stereocenters. The molecule has 1 aromatic rings. The molecule has 126 valence electrons. The lowest BCUT2D eigenvalue weighted by molar-refractivity contribution is -0.123. The predicted octanol–water partition coefficient (Wildman–Crippen LogP) is 1.27. The molecular weight excluding hydrogens is 319 g/mol. The number of carbonyl (C=O) groups excluding carboxylic acids is 1. The van der Waals surface area contributed by atoms with E-state index in [0.29, 0.717) is 6.54 Å². The minimum Gasteiger partial charge on any atom is -0.352 e. The first-order chi connectivity index (χ1) is 10.9. The van der Waals surface area contributed by atoms with Crippen molar-refractivity contribution in [3.05, 3.63) is 41.7 Å². The molecule has 0 bridgehead atoms. The molecule has 2 N–H and O–H groups in total. The van der Waals surface area contributed by atoms with Crippen LogP contribution in [0.1, 0.15) is 13.3 Å². The van der Waals surface area contributed by atoms with E-state index in [1.165, 1.54) is 12.1 Å². The van der Waals surface area contributed by atoms with Gasteiger partial charge in [-0.3, -0.25) is 4.79 Å². The summed E-state index contributed by atoms with van der Waals surface area (Å²) >= 11 is 0. The van der Waals surface area contributed by atoms with Crippen molar-refractivity contribution >= 4 is 15.7 Å². The van der Waals surface area contributed by atoms with Gasteiger partial charge in [-0.2, -0.15) is 0 Å². The van der Waals surface area contributed by atoms with Gasteiger partial charge in [0.1, 0.15) is 5.82 Å². The second kappa shape index (κ2) is 7.70. The van der Waals surface area contributed by atoms with Gasteiger partial charge in [-0.1, -0.05) is 18.6 Å². The van der Waals surface area contributed by atoms with E-state index in [1.54, 1.807) is 6.92 Å². The summed E-state index contributed by atoms with van der Waals surface area (Å²) in [5, 5.41) is 5.96. The third-order valence-corrected chi connectivity index (χ3v) is 5.67. The molecule has 1 heterocycles. The van der Waals surface area contributed by atoms with E-state index in [4.69, 9.17) is 0 Å². The van der Waals surface area contributed by atoms with Gasteiger partial charge >= 0.3 is 0 Å². The van der Waals surface area contributed by atoms with Crippen LogP contribution in [0.3, 0.4) is 0 Å². The first-order valence-electron chi connectivity index (χ1n) is 7.53. The van der Waals surface area contributed by atoms with E-state index >= 15 is 0 Å². The molecule has 1 amide bonds. The van der Waals surface area contributed by atoms with Crippen molar-refractivity contribution in [1.82, 2.24) is 10.6 Å². The second-order valence-electron chi connectivity index (χ2n) is 5.67. The Bertz CT molecular complexity index is 684. The van der Waals surface area contributed by atoms with Gasteiger partial charge in [-0.25, -0.2) is 12.8 Å². The van der Waals surface area contributed by atoms with Crippen LogP contribution in [0, 0.1) is 11.7 Å². The third kappa shape index (κ3) is 5.14. The van der Waals surface area contributed by atoms with E-state index in [9.17, 15) is 17.6 Å². The molecular formula is C16H21FN2O3S. The fourth-order valence-corrected chi connectivity index (χ4v) is 3.90. The van der Waals surface area contributed by atoms with Crippen LogP contribution in [0.2, 0.25) is 0 Å². The first kappa shape index (κ1) is 17.6. The van der Waals surface area contributed by atoms with E-state index in [-0.39, 0.29) is 16.6 Å². The second-order valence-corrected chi connectivity index (χ2v) is 7.70. The zero-order valence-corrected chi connectivity index (χ0v) is 13.8. The van der Waals surface area contributed by atoms with Crippen LogP contribution < -0.4 is 10.6 Å². The van der Waals surface area contributed by atoms with Crippen LogP contribution in [0.5, 0.6) is 0 Å². The van der Waals surface area contributed by atoms with Gasteiger partial charge in [-0.15, -0.1) is 0 Å². The molecule has 1 aliphatic heterocycles. The number of amides is 1. The number of sulfone groups is 1. The highest BCUT2D eigenvalue weighted by Crippen LogP contribution is 2.15. The number of benzene rings is 1. The summed E-state index contributed by atoms with van der Waals surface area (Å²) in [4.78, 5) is 12.1. The van der Waals surface area contributed by atoms with E-state index < -0.39 is 21.6 Å². The maximum Gasteiger partial charge on any atom is 0.224 e. The lowest BCUT2D eigenvalue weighted by Crippen LogP contribution is -2.35. The first-order valence-corrected chi connectivity index (χ1v) is 9.18. The van der Waals surface area contributed by atoms with E-state index in [2.05, 4.69) is 10.6 Å². The van der Waals surface area contributed by atoms with Crippen molar-refractivity contribution in [2.24, 2.45) is 5.92 Å². The lowest BCUT2D eigenvalue weighted by Gasteiger charge is -2.17. The highest BCUT2D eigenvalue weighted by molar-refractivity contribution is 7.91. The van der Waals surface area contributed by atoms with Gasteiger partial charge in [0.05, 0.1) is 10.6 Å². The molecule has 23 heavy (non-hydrogen) atoms. The number of rotatable bonds is 6. The molecule has 1 aromatic carbocycles. The third-order valence-electron chi connectivity index (χ3n) is 3.74. The average molecular weight is 340 g/mol. The molecule has 0 fully saturated rings. The van der Waals surface area contributed by atoms with Gasteiger partial charge in [0.25, 0.3) is 0 Å². The largest absolute Gasteiger partial charge is 0.352 e. The minimum atomic E-state index is -3.62. The molecule has 1 unspecified atom stereocenters. The van der Waals surface area contributed by atoms with Crippen LogP contribution in [0.15, 0.2) is 40.8 Å². The summed E-state index contributed by atoms with van der Waals surface area (Å²) in [6.07, 6.45) is 2.91. The van der Waals surface area contributed by atoms with E-state index in [1.807, 2.05) is 6.08 Å². The molecule has 5 nitrogen and oxygen atoms in total. The molecule has 7 heteroatoms. The van der Waals surface area contributed by atoms with Crippen molar-refractivity contribution in [1.29, 1.82) is 0 Å². The van der Waals surface area contributed by atoms with Crippen molar-refractivity contribution in [3.63, 3.8) is 0 Å². The normalized spacial score (nSPS) is 16.5. The molecule has 0 radical (unpaired) electrons. The summed E-state index contributed by atoms with van der Waals surface area (Å²) in [5.41, 5.74) is 1.14. The van der Waals surface area contributed by atoms with Crippen molar-refractivity contribution in [2.75, 3.05) is 25.4 Å². The molecule has 0 spiro atoms. The smallest absolute Gasteiger partial charge is 0.224 e.